The van der Waals surface area contributed by atoms with Gasteiger partial charge in [-0.2, -0.15) is 0 Å². The van der Waals surface area contributed by atoms with E-state index in [2.05, 4.69) is 15.6 Å². The number of halogens is 1. The van der Waals surface area contributed by atoms with E-state index in [0.29, 0.717) is 40.9 Å². The van der Waals surface area contributed by atoms with Crippen molar-refractivity contribution < 1.29 is 23.9 Å². The van der Waals surface area contributed by atoms with Crippen molar-refractivity contribution in [2.45, 2.75) is 11.3 Å². The van der Waals surface area contributed by atoms with Gasteiger partial charge in [0.1, 0.15) is 5.75 Å². The van der Waals surface area contributed by atoms with Crippen molar-refractivity contribution >= 4 is 58.1 Å². The zero-order chi connectivity index (χ0) is 30.0. The van der Waals surface area contributed by atoms with E-state index in [9.17, 15) is 19.2 Å². The van der Waals surface area contributed by atoms with Crippen LogP contribution in [0.25, 0.3) is 10.9 Å². The summed E-state index contributed by atoms with van der Waals surface area (Å²) < 4.78 is 5.39. The Morgan fingerprint density at radius 1 is 1.10 bits per heavy atom. The third-order valence-electron chi connectivity index (χ3n) is 8.17. The molecule has 0 aliphatic carbocycles. The van der Waals surface area contributed by atoms with Crippen LogP contribution >= 0.6 is 23.5 Å². The molecule has 3 unspecified atom stereocenters. The van der Waals surface area contributed by atoms with E-state index in [1.165, 1.54) is 14.2 Å². The molecule has 42 heavy (non-hydrogen) atoms. The number of aromatic nitrogens is 1. The largest absolute Gasteiger partial charge is 0.496 e. The van der Waals surface area contributed by atoms with Gasteiger partial charge >= 0.3 is 0 Å². The summed E-state index contributed by atoms with van der Waals surface area (Å²) in [6.07, 6.45) is 1.96. The zero-order valence-corrected chi connectivity index (χ0v) is 24.9. The maximum absolute atomic E-state index is 13.6. The highest BCUT2D eigenvalue weighted by Crippen LogP contribution is 2.37. The Hall–Kier alpha value is -3.74. The summed E-state index contributed by atoms with van der Waals surface area (Å²) in [5, 5.41) is 12.4. The monoisotopic (exact) mass is 612 g/mol. The lowest BCUT2D eigenvalue weighted by atomic mass is 9.79. The quantitative estimate of drug-likeness (QED) is 0.284. The molecule has 0 saturated carbocycles. The molecular weight excluding hydrogens is 580 g/mol. The Balaban J connectivity index is 1.36. The number of methoxy groups -OCH3 is 1. The number of H-pyrrole nitrogens is 1. The maximum Gasteiger partial charge on any atom is 0.254 e. The van der Waals surface area contributed by atoms with E-state index >= 15 is 0 Å². The normalized spacial score (nSPS) is 19.9. The molecule has 2 saturated heterocycles. The number of rotatable bonds is 8. The Bertz CT molecular complexity index is 1530. The second-order valence-corrected chi connectivity index (χ2v) is 11.7. The van der Waals surface area contributed by atoms with Crippen LogP contribution in [0.5, 0.6) is 5.75 Å². The topological polar surface area (TPSA) is 150 Å². The van der Waals surface area contributed by atoms with Crippen LogP contribution in [0.4, 0.5) is 0 Å². The molecule has 1 aromatic heterocycles. The molecule has 3 atom stereocenters. The standard InChI is InChI=1S/C29H33ClN6O5S/c1-32-26(37)11-34-28(39)22-15-35(27(38)8-17-10-33-23-9-19(30)4-5-20(17)23)12-18-13-36(14-21(18)22)29(40)16-3-6-25(42-31)24(7-16)41-2/h3-7,9-10,18,21-22,33H,8,11-15,31H2,1-2H3,(H,32,37)(H,34,39). The van der Waals surface area contributed by atoms with Gasteiger partial charge in [-0.1, -0.05) is 17.7 Å². The molecule has 0 spiro atoms. The molecule has 3 aromatic rings. The van der Waals surface area contributed by atoms with Crippen molar-refractivity contribution in [3.8, 4) is 5.75 Å². The molecule has 5 N–H and O–H groups in total. The van der Waals surface area contributed by atoms with Crippen LogP contribution in [0.1, 0.15) is 15.9 Å². The van der Waals surface area contributed by atoms with Crippen molar-refractivity contribution in [3.63, 3.8) is 0 Å². The van der Waals surface area contributed by atoms with Gasteiger partial charge in [-0.15, -0.1) is 0 Å². The predicted octanol–water partition coefficient (Wildman–Crippen LogP) is 2.05. The molecule has 2 aliphatic rings. The average molecular weight is 613 g/mol. The average Bonchev–Trinajstić information content (AvgIpc) is 3.62. The van der Waals surface area contributed by atoms with E-state index in [1.807, 2.05) is 12.1 Å². The van der Waals surface area contributed by atoms with Crippen LogP contribution in [0.15, 0.2) is 47.5 Å². The summed E-state index contributed by atoms with van der Waals surface area (Å²) in [5.74, 6) is -1.28. The van der Waals surface area contributed by atoms with Gasteiger partial charge in [-0.3, -0.25) is 24.3 Å². The van der Waals surface area contributed by atoms with Gasteiger partial charge in [0.2, 0.25) is 17.7 Å². The molecule has 2 aromatic carbocycles. The first-order valence-corrected chi connectivity index (χ1v) is 14.8. The van der Waals surface area contributed by atoms with Gasteiger partial charge < -0.3 is 30.2 Å². The van der Waals surface area contributed by atoms with Crippen LogP contribution in [0, 0.1) is 17.8 Å². The molecule has 2 aliphatic heterocycles. The minimum absolute atomic E-state index is 0.107. The van der Waals surface area contributed by atoms with Crippen LogP contribution in [0.3, 0.4) is 0 Å². The molecule has 2 fully saturated rings. The van der Waals surface area contributed by atoms with Gasteiger partial charge in [0.05, 0.1) is 30.9 Å². The van der Waals surface area contributed by atoms with E-state index in [0.717, 1.165) is 28.4 Å². The second kappa shape index (κ2) is 12.6. The summed E-state index contributed by atoms with van der Waals surface area (Å²) in [4.78, 5) is 59.7. The van der Waals surface area contributed by atoms with Crippen molar-refractivity contribution in [2.24, 2.45) is 22.9 Å². The molecule has 13 heteroatoms. The van der Waals surface area contributed by atoms with Gasteiger partial charge in [0.25, 0.3) is 5.91 Å². The Kier molecular flexibility index (Phi) is 8.95. The fourth-order valence-electron chi connectivity index (χ4n) is 5.97. The van der Waals surface area contributed by atoms with Crippen LogP contribution < -0.4 is 20.5 Å². The highest BCUT2D eigenvalue weighted by Gasteiger charge is 2.47. The fourth-order valence-corrected chi connectivity index (χ4v) is 6.55. The first-order chi connectivity index (χ1) is 20.2. The number of nitrogens with zero attached hydrogens (tertiary/aromatic N) is 2. The Morgan fingerprint density at radius 2 is 1.88 bits per heavy atom. The summed E-state index contributed by atoms with van der Waals surface area (Å²) >= 11 is 7.15. The lowest BCUT2D eigenvalue weighted by Gasteiger charge is -2.39. The smallest absolute Gasteiger partial charge is 0.254 e. The highest BCUT2D eigenvalue weighted by atomic mass is 35.5. The zero-order valence-electron chi connectivity index (χ0n) is 23.3. The van der Waals surface area contributed by atoms with E-state index in [-0.39, 0.29) is 55.0 Å². The number of piperidine rings is 1. The SMILES string of the molecule is CNC(=O)CNC(=O)C1CN(C(=O)Cc2c[nH]c3cc(Cl)ccc23)CC2CN(C(=O)c3ccc(SN)c(OC)c3)CC21. The number of carbonyl (C=O) groups is 4. The number of amides is 4. The number of hydrogen-bond acceptors (Lipinski definition) is 7. The number of fused-ring (bicyclic) bond motifs is 2. The highest BCUT2D eigenvalue weighted by molar-refractivity contribution is 7.97. The van der Waals surface area contributed by atoms with Gasteiger partial charge in [0.15, 0.2) is 0 Å². The maximum atomic E-state index is 13.6. The van der Waals surface area contributed by atoms with Crippen LogP contribution in [-0.4, -0.2) is 85.3 Å². The summed E-state index contributed by atoms with van der Waals surface area (Å²) in [6.45, 7) is 1.22. The first kappa shape index (κ1) is 29.7. The van der Waals surface area contributed by atoms with Gasteiger partial charge in [-0.05, 0) is 59.7 Å². The van der Waals surface area contributed by atoms with E-state index < -0.39 is 5.92 Å². The molecular formula is C29H33ClN6O5S. The molecule has 222 valence electrons. The summed E-state index contributed by atoms with van der Waals surface area (Å²) in [6, 6.07) is 10.6. The number of nitrogens with two attached hydrogens (primary N) is 1. The third-order valence-corrected chi connectivity index (χ3v) is 8.99. The summed E-state index contributed by atoms with van der Waals surface area (Å²) in [5.41, 5.74) is 2.14. The van der Waals surface area contributed by atoms with E-state index in [4.69, 9.17) is 21.5 Å². The van der Waals surface area contributed by atoms with Gasteiger partial charge in [0, 0.05) is 60.9 Å². The van der Waals surface area contributed by atoms with Gasteiger partial charge in [-0.25, -0.2) is 0 Å². The first-order valence-electron chi connectivity index (χ1n) is 13.6. The molecule has 3 heterocycles. The number of likely N-dealkylation sites (N-methyl/N-ethyl adjacent to an activating group) is 1. The molecule has 0 radical (unpaired) electrons. The minimum Gasteiger partial charge on any atom is -0.496 e. The fraction of sp³-hybridized carbons (Fsp3) is 0.379. The molecule has 11 nitrogen and oxygen atoms in total. The van der Waals surface area contributed by atoms with Crippen molar-refractivity contribution in [2.75, 3.05) is 46.9 Å². The Morgan fingerprint density at radius 3 is 2.62 bits per heavy atom. The Labute approximate surface area is 252 Å². The van der Waals surface area contributed by atoms with Crippen LogP contribution in [-0.2, 0) is 20.8 Å². The molecule has 4 amide bonds. The number of carbonyl (C=O) groups excluding carboxylic acids is 4. The number of benzene rings is 2. The van der Waals surface area contributed by atoms with Crippen molar-refractivity contribution in [1.29, 1.82) is 0 Å². The third kappa shape index (κ3) is 6.06. The number of hydrogen-bond donors (Lipinski definition) is 4. The predicted molar refractivity (Wildman–Crippen MR) is 160 cm³/mol. The number of aromatic amines is 1. The number of nitrogens with one attached hydrogen (secondary N) is 3. The van der Waals surface area contributed by atoms with Crippen LogP contribution in [0.2, 0.25) is 5.02 Å². The summed E-state index contributed by atoms with van der Waals surface area (Å²) in [7, 11) is 3.02. The second-order valence-electron chi connectivity index (χ2n) is 10.6. The van der Waals surface area contributed by atoms with Crippen molar-refractivity contribution in [1.82, 2.24) is 25.4 Å². The van der Waals surface area contributed by atoms with E-state index in [1.54, 1.807) is 40.3 Å². The lowest BCUT2D eigenvalue weighted by Crippen LogP contribution is -2.54. The molecule has 5 rings (SSSR count). The minimum atomic E-state index is -0.581. The molecule has 0 bridgehead atoms. The number of likely N-dealkylation sites (tertiary alicyclic amines) is 2. The lowest BCUT2D eigenvalue weighted by molar-refractivity contribution is -0.139. The number of ether oxygens (including phenoxy) is 1. The van der Waals surface area contributed by atoms with Crippen molar-refractivity contribution in [3.05, 3.63) is 58.7 Å².